The molecule has 1 aromatic rings. The topological polar surface area (TPSA) is 47.3 Å². The monoisotopic (exact) mass is 264 g/mol. The summed E-state index contributed by atoms with van der Waals surface area (Å²) in [6.07, 6.45) is -4.63. The molecule has 7 heteroatoms. The third-order valence-electron chi connectivity index (χ3n) is 3.10. The van der Waals surface area contributed by atoms with Gasteiger partial charge in [0.1, 0.15) is 0 Å². The first-order valence-corrected chi connectivity index (χ1v) is 5.75. The maximum atomic E-state index is 12.6. The van der Waals surface area contributed by atoms with Gasteiger partial charge in [-0.15, -0.1) is 0 Å². The predicted octanol–water partition coefficient (Wildman–Crippen LogP) is 1.91. The Morgan fingerprint density at radius 2 is 2.06 bits per heavy atom. The van der Waals surface area contributed by atoms with Gasteiger partial charge in [-0.1, -0.05) is 0 Å². The van der Waals surface area contributed by atoms with Crippen LogP contribution in [0.4, 0.5) is 13.2 Å². The minimum Gasteiger partial charge on any atom is -0.381 e. The lowest BCUT2D eigenvalue weighted by atomic mass is 9.92. The molecular weight excluding hydrogens is 249 g/mol. The number of halogens is 3. The molecule has 0 aliphatic carbocycles. The molecule has 1 atom stereocenters. The fourth-order valence-electron chi connectivity index (χ4n) is 2.20. The predicted molar refractivity (Wildman–Crippen MR) is 57.0 cm³/mol. The van der Waals surface area contributed by atoms with E-state index in [0.29, 0.717) is 31.7 Å². The molecule has 0 amide bonds. The molecule has 1 fully saturated rings. The summed E-state index contributed by atoms with van der Waals surface area (Å²) in [5.74, 6) is -0.0769. The van der Waals surface area contributed by atoms with Crippen molar-refractivity contribution in [1.82, 2.24) is 9.78 Å². The van der Waals surface area contributed by atoms with Crippen molar-refractivity contribution < 1.29 is 23.0 Å². The largest absolute Gasteiger partial charge is 0.418 e. The van der Waals surface area contributed by atoms with E-state index in [1.54, 1.807) is 7.05 Å². The molecule has 1 aromatic heterocycles. The van der Waals surface area contributed by atoms with E-state index >= 15 is 0 Å². The summed E-state index contributed by atoms with van der Waals surface area (Å²) >= 11 is 0. The van der Waals surface area contributed by atoms with Crippen molar-refractivity contribution in [2.45, 2.75) is 31.0 Å². The fraction of sp³-hybridized carbons (Fsp3) is 0.727. The molecule has 102 valence electrons. The van der Waals surface area contributed by atoms with E-state index in [1.807, 2.05) is 0 Å². The average Bonchev–Trinajstić information content (AvgIpc) is 2.70. The number of hydrogen-bond acceptors (Lipinski definition) is 3. The number of nitrogens with zero attached hydrogens (tertiary/aromatic N) is 2. The smallest absolute Gasteiger partial charge is 0.381 e. The van der Waals surface area contributed by atoms with Gasteiger partial charge in [0, 0.05) is 37.9 Å². The molecule has 1 aliphatic rings. The Morgan fingerprint density at radius 3 is 2.61 bits per heavy atom. The van der Waals surface area contributed by atoms with Crippen LogP contribution in [0.1, 0.15) is 36.1 Å². The van der Waals surface area contributed by atoms with E-state index in [4.69, 9.17) is 4.74 Å². The second-order valence-corrected chi connectivity index (χ2v) is 4.47. The van der Waals surface area contributed by atoms with Gasteiger partial charge in [0.25, 0.3) is 0 Å². The highest BCUT2D eigenvalue weighted by Crippen LogP contribution is 2.38. The van der Waals surface area contributed by atoms with Crippen molar-refractivity contribution in [3.8, 4) is 0 Å². The maximum Gasteiger partial charge on any atom is 0.418 e. The van der Waals surface area contributed by atoms with Crippen molar-refractivity contribution in [1.29, 1.82) is 0 Å². The molecule has 0 bridgehead atoms. The van der Waals surface area contributed by atoms with Crippen molar-refractivity contribution in [3.63, 3.8) is 0 Å². The number of aromatic nitrogens is 2. The Bertz CT molecular complexity index is 411. The Morgan fingerprint density at radius 1 is 1.44 bits per heavy atom. The highest BCUT2D eigenvalue weighted by atomic mass is 19.4. The quantitative estimate of drug-likeness (QED) is 0.887. The van der Waals surface area contributed by atoms with Gasteiger partial charge in [-0.05, 0) is 12.8 Å². The first-order chi connectivity index (χ1) is 8.39. The van der Waals surface area contributed by atoms with Crippen LogP contribution in [0, 0.1) is 0 Å². The standard InChI is InChI=1S/C11H15F3N2O2/c1-16-6-8(10(17)11(12,13)14)9(15-16)7-2-4-18-5-3-7/h6-7,10,17H,2-5H2,1H3/t10-/m0/s1. The number of aliphatic hydroxyl groups is 1. The van der Waals surface area contributed by atoms with Crippen LogP contribution in [0.5, 0.6) is 0 Å². The van der Waals surface area contributed by atoms with Crippen molar-refractivity contribution in [2.75, 3.05) is 13.2 Å². The van der Waals surface area contributed by atoms with E-state index < -0.39 is 12.3 Å². The van der Waals surface area contributed by atoms with E-state index in [1.165, 1.54) is 10.9 Å². The van der Waals surface area contributed by atoms with Gasteiger partial charge in [-0.3, -0.25) is 4.68 Å². The van der Waals surface area contributed by atoms with Gasteiger partial charge in [0.05, 0.1) is 5.69 Å². The van der Waals surface area contributed by atoms with Gasteiger partial charge < -0.3 is 9.84 Å². The van der Waals surface area contributed by atoms with Crippen LogP contribution in [0.2, 0.25) is 0 Å². The summed E-state index contributed by atoms with van der Waals surface area (Å²) in [6.45, 7) is 1.03. The molecule has 0 unspecified atom stereocenters. The average molecular weight is 264 g/mol. The number of rotatable bonds is 2. The molecular formula is C11H15F3N2O2. The first-order valence-electron chi connectivity index (χ1n) is 5.75. The van der Waals surface area contributed by atoms with E-state index in [9.17, 15) is 18.3 Å². The number of aliphatic hydroxyl groups excluding tert-OH is 1. The Labute approximate surface area is 102 Å². The Balaban J connectivity index is 2.30. The SMILES string of the molecule is Cn1cc([C@H](O)C(F)(F)F)c(C2CCOCC2)n1. The van der Waals surface area contributed by atoms with Crippen molar-refractivity contribution >= 4 is 0 Å². The minimum atomic E-state index is -4.66. The van der Waals surface area contributed by atoms with Crippen LogP contribution in [-0.4, -0.2) is 34.3 Å². The third kappa shape index (κ3) is 2.67. The van der Waals surface area contributed by atoms with Crippen LogP contribution in [0.3, 0.4) is 0 Å². The number of alkyl halides is 3. The molecule has 1 aliphatic heterocycles. The molecule has 0 radical (unpaired) electrons. The van der Waals surface area contributed by atoms with Gasteiger partial charge in [-0.25, -0.2) is 0 Å². The lowest BCUT2D eigenvalue weighted by Gasteiger charge is -2.23. The van der Waals surface area contributed by atoms with Gasteiger partial charge >= 0.3 is 6.18 Å². The summed E-state index contributed by atoms with van der Waals surface area (Å²) < 4.78 is 44.2. The molecule has 1 saturated heterocycles. The highest BCUT2D eigenvalue weighted by Gasteiger charge is 2.42. The third-order valence-corrected chi connectivity index (χ3v) is 3.10. The zero-order valence-electron chi connectivity index (χ0n) is 9.94. The summed E-state index contributed by atoms with van der Waals surface area (Å²) in [5, 5.41) is 13.4. The summed E-state index contributed by atoms with van der Waals surface area (Å²) in [6, 6.07) is 0. The number of ether oxygens (including phenoxy) is 1. The van der Waals surface area contributed by atoms with E-state index in [-0.39, 0.29) is 11.5 Å². The molecule has 2 heterocycles. The van der Waals surface area contributed by atoms with E-state index in [2.05, 4.69) is 5.10 Å². The summed E-state index contributed by atoms with van der Waals surface area (Å²) in [4.78, 5) is 0. The molecule has 0 saturated carbocycles. The van der Waals surface area contributed by atoms with Gasteiger partial charge in [-0.2, -0.15) is 18.3 Å². The molecule has 0 spiro atoms. The summed E-state index contributed by atoms with van der Waals surface area (Å²) in [5.41, 5.74) is 0.197. The molecule has 0 aromatic carbocycles. The van der Waals surface area contributed by atoms with Crippen LogP contribution < -0.4 is 0 Å². The number of aryl methyl sites for hydroxylation is 1. The number of hydrogen-bond donors (Lipinski definition) is 1. The zero-order chi connectivity index (χ0) is 13.3. The van der Waals surface area contributed by atoms with Crippen LogP contribution >= 0.6 is 0 Å². The maximum absolute atomic E-state index is 12.6. The summed E-state index contributed by atoms with van der Waals surface area (Å²) in [7, 11) is 1.55. The molecule has 4 nitrogen and oxygen atoms in total. The van der Waals surface area contributed by atoms with E-state index in [0.717, 1.165) is 0 Å². The molecule has 1 N–H and O–H groups in total. The van der Waals surface area contributed by atoms with Crippen LogP contribution in [0.25, 0.3) is 0 Å². The first kappa shape index (κ1) is 13.4. The normalized spacial score (nSPS) is 20.1. The fourth-order valence-corrected chi connectivity index (χ4v) is 2.20. The minimum absolute atomic E-state index is 0.0769. The molecule has 2 rings (SSSR count). The lowest BCUT2D eigenvalue weighted by molar-refractivity contribution is -0.207. The van der Waals surface area contributed by atoms with Crippen molar-refractivity contribution in [3.05, 3.63) is 17.5 Å². The van der Waals surface area contributed by atoms with Crippen LogP contribution in [-0.2, 0) is 11.8 Å². The Kier molecular flexibility index (Phi) is 3.63. The second kappa shape index (κ2) is 4.89. The zero-order valence-corrected chi connectivity index (χ0v) is 9.94. The second-order valence-electron chi connectivity index (χ2n) is 4.47. The lowest BCUT2D eigenvalue weighted by Crippen LogP contribution is -2.23. The van der Waals surface area contributed by atoms with Crippen LogP contribution in [0.15, 0.2) is 6.20 Å². The highest BCUT2D eigenvalue weighted by molar-refractivity contribution is 5.25. The van der Waals surface area contributed by atoms with Gasteiger partial charge in [0.15, 0.2) is 6.10 Å². The van der Waals surface area contributed by atoms with Crippen molar-refractivity contribution in [2.24, 2.45) is 7.05 Å². The van der Waals surface area contributed by atoms with Gasteiger partial charge in [0.2, 0.25) is 0 Å². The Hall–Kier alpha value is -1.08. The molecule has 18 heavy (non-hydrogen) atoms.